The van der Waals surface area contributed by atoms with Gasteiger partial charge in [0.2, 0.25) is 0 Å². The van der Waals surface area contributed by atoms with Gasteiger partial charge in [0.05, 0.1) is 10.0 Å². The highest BCUT2D eigenvalue weighted by Crippen LogP contribution is 2.29. The Bertz CT molecular complexity index is 526. The molecule has 6 heteroatoms. The molecule has 1 aromatic rings. The SMILES string of the molecule is O=C(Nc1ccc(Cl)c(Cl)c1)NC1CCN(C2CC2)CC1. The van der Waals surface area contributed by atoms with Crippen LogP contribution in [0, 0.1) is 0 Å². The Morgan fingerprint density at radius 3 is 2.43 bits per heavy atom. The summed E-state index contributed by atoms with van der Waals surface area (Å²) in [4.78, 5) is 14.5. The van der Waals surface area contributed by atoms with Crippen LogP contribution >= 0.6 is 23.2 Å². The minimum atomic E-state index is -0.182. The molecule has 1 aliphatic carbocycles. The van der Waals surface area contributed by atoms with Gasteiger partial charge >= 0.3 is 6.03 Å². The molecule has 3 rings (SSSR count). The van der Waals surface area contributed by atoms with Crippen molar-refractivity contribution in [2.75, 3.05) is 18.4 Å². The quantitative estimate of drug-likeness (QED) is 0.888. The summed E-state index contributed by atoms with van der Waals surface area (Å²) >= 11 is 11.8. The summed E-state index contributed by atoms with van der Waals surface area (Å²) in [6, 6.07) is 5.95. The number of nitrogens with one attached hydrogen (secondary N) is 2. The van der Waals surface area contributed by atoms with E-state index in [1.54, 1.807) is 18.2 Å². The monoisotopic (exact) mass is 327 g/mol. The minimum absolute atomic E-state index is 0.182. The molecule has 1 heterocycles. The van der Waals surface area contributed by atoms with Crippen LogP contribution in [-0.2, 0) is 0 Å². The number of urea groups is 1. The van der Waals surface area contributed by atoms with Crippen LogP contribution in [0.5, 0.6) is 0 Å². The number of anilines is 1. The van der Waals surface area contributed by atoms with Crippen LogP contribution in [0.25, 0.3) is 0 Å². The van der Waals surface area contributed by atoms with E-state index < -0.39 is 0 Å². The zero-order valence-electron chi connectivity index (χ0n) is 11.7. The van der Waals surface area contributed by atoms with Gasteiger partial charge in [0.1, 0.15) is 0 Å². The lowest BCUT2D eigenvalue weighted by atomic mass is 10.1. The van der Waals surface area contributed by atoms with Gasteiger partial charge in [-0.3, -0.25) is 0 Å². The van der Waals surface area contributed by atoms with E-state index in [2.05, 4.69) is 15.5 Å². The van der Waals surface area contributed by atoms with Crippen molar-refractivity contribution >= 4 is 34.9 Å². The van der Waals surface area contributed by atoms with Crippen LogP contribution in [-0.4, -0.2) is 36.1 Å². The lowest BCUT2D eigenvalue weighted by Gasteiger charge is -2.32. The molecule has 0 aromatic heterocycles. The molecule has 0 unspecified atom stereocenters. The Hall–Kier alpha value is -0.970. The molecule has 2 N–H and O–H groups in total. The molecule has 2 fully saturated rings. The Labute approximate surface area is 134 Å². The predicted octanol–water partition coefficient (Wildman–Crippen LogP) is 3.74. The Morgan fingerprint density at radius 1 is 1.10 bits per heavy atom. The van der Waals surface area contributed by atoms with E-state index in [0.29, 0.717) is 15.7 Å². The predicted molar refractivity (Wildman–Crippen MR) is 86.2 cm³/mol. The number of halogens is 2. The van der Waals surface area contributed by atoms with Crippen LogP contribution in [0.2, 0.25) is 10.0 Å². The van der Waals surface area contributed by atoms with Gasteiger partial charge < -0.3 is 15.5 Å². The molecule has 1 aliphatic heterocycles. The molecule has 114 valence electrons. The summed E-state index contributed by atoms with van der Waals surface area (Å²) in [5.41, 5.74) is 0.650. The molecule has 1 aromatic carbocycles. The normalized spacial score (nSPS) is 20.3. The first-order valence-electron chi connectivity index (χ1n) is 7.38. The average molecular weight is 328 g/mol. The number of likely N-dealkylation sites (tertiary alicyclic amines) is 1. The third-order valence-electron chi connectivity index (χ3n) is 4.11. The molecule has 1 saturated heterocycles. The highest BCUT2D eigenvalue weighted by Gasteiger charge is 2.32. The number of amides is 2. The zero-order valence-corrected chi connectivity index (χ0v) is 13.3. The second kappa shape index (κ2) is 6.42. The fraction of sp³-hybridized carbons (Fsp3) is 0.533. The second-order valence-corrected chi connectivity index (χ2v) is 6.58. The minimum Gasteiger partial charge on any atom is -0.335 e. The first-order chi connectivity index (χ1) is 10.1. The van der Waals surface area contributed by atoms with Crippen molar-refractivity contribution in [3.63, 3.8) is 0 Å². The number of carbonyl (C=O) groups excluding carboxylic acids is 1. The maximum absolute atomic E-state index is 12.0. The van der Waals surface area contributed by atoms with Gasteiger partial charge in [-0.05, 0) is 43.9 Å². The Kier molecular flexibility index (Phi) is 4.57. The number of piperidine rings is 1. The van der Waals surface area contributed by atoms with Crippen LogP contribution in [0.3, 0.4) is 0 Å². The number of benzene rings is 1. The van der Waals surface area contributed by atoms with E-state index in [4.69, 9.17) is 23.2 Å². The van der Waals surface area contributed by atoms with Gasteiger partial charge in [0, 0.05) is 30.9 Å². The van der Waals surface area contributed by atoms with Crippen LogP contribution in [0.1, 0.15) is 25.7 Å². The second-order valence-electron chi connectivity index (χ2n) is 5.77. The fourth-order valence-corrected chi connectivity index (χ4v) is 3.07. The number of hydrogen-bond donors (Lipinski definition) is 2. The van der Waals surface area contributed by atoms with Gasteiger partial charge in [-0.25, -0.2) is 4.79 Å². The Balaban J connectivity index is 1.46. The smallest absolute Gasteiger partial charge is 0.319 e. The summed E-state index contributed by atoms with van der Waals surface area (Å²) in [5, 5.41) is 6.74. The van der Waals surface area contributed by atoms with Crippen molar-refractivity contribution in [2.24, 2.45) is 0 Å². The molecule has 0 atom stereocenters. The fourth-order valence-electron chi connectivity index (χ4n) is 2.78. The van der Waals surface area contributed by atoms with Crippen LogP contribution < -0.4 is 10.6 Å². The van der Waals surface area contributed by atoms with Gasteiger partial charge in [-0.2, -0.15) is 0 Å². The molecule has 0 radical (unpaired) electrons. The summed E-state index contributed by atoms with van der Waals surface area (Å²) in [7, 11) is 0. The molecule has 0 bridgehead atoms. The first-order valence-corrected chi connectivity index (χ1v) is 8.14. The zero-order chi connectivity index (χ0) is 14.8. The van der Waals surface area contributed by atoms with E-state index >= 15 is 0 Å². The highest BCUT2D eigenvalue weighted by atomic mass is 35.5. The average Bonchev–Trinajstić information content (AvgIpc) is 3.28. The molecular weight excluding hydrogens is 309 g/mol. The first kappa shape index (κ1) is 14.9. The molecule has 4 nitrogen and oxygen atoms in total. The van der Waals surface area contributed by atoms with Crippen molar-refractivity contribution in [3.8, 4) is 0 Å². The van der Waals surface area contributed by atoms with Gasteiger partial charge in [-0.15, -0.1) is 0 Å². The van der Waals surface area contributed by atoms with Crippen molar-refractivity contribution < 1.29 is 4.79 Å². The number of rotatable bonds is 3. The lowest BCUT2D eigenvalue weighted by molar-refractivity contribution is 0.189. The van der Waals surface area contributed by atoms with Crippen molar-refractivity contribution in [1.29, 1.82) is 0 Å². The standard InChI is InChI=1S/C15H19Cl2N3O/c16-13-4-1-11(9-14(13)17)19-15(21)18-10-5-7-20(8-6-10)12-2-3-12/h1,4,9-10,12H,2-3,5-8H2,(H2,18,19,21). The number of hydrogen-bond acceptors (Lipinski definition) is 2. The van der Waals surface area contributed by atoms with E-state index in [-0.39, 0.29) is 12.1 Å². The van der Waals surface area contributed by atoms with Crippen molar-refractivity contribution in [2.45, 2.75) is 37.8 Å². The van der Waals surface area contributed by atoms with Gasteiger partial charge in [-0.1, -0.05) is 23.2 Å². The molecule has 21 heavy (non-hydrogen) atoms. The summed E-state index contributed by atoms with van der Waals surface area (Å²) in [6.07, 6.45) is 4.72. The summed E-state index contributed by atoms with van der Waals surface area (Å²) in [5.74, 6) is 0. The van der Waals surface area contributed by atoms with E-state index in [1.807, 2.05) is 0 Å². The molecule has 2 aliphatic rings. The van der Waals surface area contributed by atoms with E-state index in [9.17, 15) is 4.79 Å². The third kappa shape index (κ3) is 4.02. The largest absolute Gasteiger partial charge is 0.335 e. The maximum atomic E-state index is 12.0. The number of nitrogens with zero attached hydrogens (tertiary/aromatic N) is 1. The summed E-state index contributed by atoms with van der Waals surface area (Å²) < 4.78 is 0. The van der Waals surface area contributed by atoms with Crippen molar-refractivity contribution in [1.82, 2.24) is 10.2 Å². The number of carbonyl (C=O) groups is 1. The maximum Gasteiger partial charge on any atom is 0.319 e. The van der Waals surface area contributed by atoms with Gasteiger partial charge in [0.15, 0.2) is 0 Å². The topological polar surface area (TPSA) is 44.4 Å². The van der Waals surface area contributed by atoms with Crippen LogP contribution in [0.4, 0.5) is 10.5 Å². The Morgan fingerprint density at radius 2 is 1.81 bits per heavy atom. The summed E-state index contributed by atoms with van der Waals surface area (Å²) in [6.45, 7) is 2.17. The van der Waals surface area contributed by atoms with E-state index in [0.717, 1.165) is 32.0 Å². The molecule has 1 saturated carbocycles. The highest BCUT2D eigenvalue weighted by molar-refractivity contribution is 6.42. The molecule has 0 spiro atoms. The van der Waals surface area contributed by atoms with Crippen molar-refractivity contribution in [3.05, 3.63) is 28.2 Å². The van der Waals surface area contributed by atoms with Gasteiger partial charge in [0.25, 0.3) is 0 Å². The lowest BCUT2D eigenvalue weighted by Crippen LogP contribution is -2.46. The molecule has 2 amide bonds. The van der Waals surface area contributed by atoms with Crippen LogP contribution in [0.15, 0.2) is 18.2 Å². The van der Waals surface area contributed by atoms with E-state index in [1.165, 1.54) is 12.8 Å². The molecular formula is C15H19Cl2N3O. The third-order valence-corrected chi connectivity index (χ3v) is 4.84.